The zero-order chi connectivity index (χ0) is 23.3. The molecule has 4 N–H and O–H groups in total. The highest BCUT2D eigenvalue weighted by molar-refractivity contribution is 5.95. The third kappa shape index (κ3) is 3.28. The minimum atomic E-state index is -0.989. The van der Waals surface area contributed by atoms with Crippen LogP contribution in [-0.2, 0) is 16.0 Å². The lowest BCUT2D eigenvalue weighted by atomic mass is 9.53. The van der Waals surface area contributed by atoms with E-state index in [1.54, 1.807) is 12.1 Å². The Morgan fingerprint density at radius 2 is 1.48 bits per heavy atom. The van der Waals surface area contributed by atoms with Gasteiger partial charge in [-0.15, -0.1) is 0 Å². The maximum Gasteiger partial charge on any atom is 0.225 e. The van der Waals surface area contributed by atoms with Gasteiger partial charge in [-0.2, -0.15) is 0 Å². The standard InChI is InChI=1S/C27H36FN3O2/c28-20-7-5-19(6-8-20)11-13-27(24(30)33)22-10-9-21(25(22)14-15-25)26(27,23(29)32)12-1-2-16-31-17-3-4-18-31/h5-10,21-22H,1-4,11-18H2,(H2,29,32)(H2,30,33)/t21-,22+,26+,27+/m1/s1. The number of halogens is 1. The first kappa shape index (κ1) is 22.6. The van der Waals surface area contributed by atoms with Crippen molar-refractivity contribution in [3.8, 4) is 0 Å². The third-order valence-electron chi connectivity index (χ3n) is 9.51. The van der Waals surface area contributed by atoms with Crippen LogP contribution in [0, 0.1) is 33.9 Å². The van der Waals surface area contributed by atoms with E-state index in [2.05, 4.69) is 17.1 Å². The summed E-state index contributed by atoms with van der Waals surface area (Å²) in [6, 6.07) is 6.38. The Hall–Kier alpha value is -2.21. The average molecular weight is 454 g/mol. The second-order valence-electron chi connectivity index (χ2n) is 10.9. The maximum absolute atomic E-state index is 13.4. The molecule has 6 heteroatoms. The quantitative estimate of drug-likeness (QED) is 0.419. The van der Waals surface area contributed by atoms with Gasteiger partial charge in [-0.05, 0) is 106 Å². The molecule has 1 spiro atoms. The molecule has 3 fully saturated rings. The topological polar surface area (TPSA) is 89.4 Å². The summed E-state index contributed by atoms with van der Waals surface area (Å²) in [5, 5.41) is 0. The van der Waals surface area contributed by atoms with E-state index in [-0.39, 0.29) is 29.0 Å². The van der Waals surface area contributed by atoms with Gasteiger partial charge in [0.15, 0.2) is 0 Å². The van der Waals surface area contributed by atoms with Gasteiger partial charge >= 0.3 is 0 Å². The Kier molecular flexibility index (Phi) is 5.63. The van der Waals surface area contributed by atoms with Crippen molar-refractivity contribution < 1.29 is 14.0 Å². The van der Waals surface area contributed by atoms with Crippen molar-refractivity contribution in [3.63, 3.8) is 0 Å². The van der Waals surface area contributed by atoms with E-state index in [1.165, 1.54) is 25.0 Å². The molecule has 2 amide bonds. The number of benzene rings is 1. The van der Waals surface area contributed by atoms with Crippen LogP contribution >= 0.6 is 0 Å². The number of amides is 2. The molecule has 5 nitrogen and oxygen atoms in total. The zero-order valence-electron chi connectivity index (χ0n) is 19.4. The number of allylic oxidation sites excluding steroid dienone is 2. The Morgan fingerprint density at radius 1 is 0.909 bits per heavy atom. The van der Waals surface area contributed by atoms with E-state index in [4.69, 9.17) is 11.5 Å². The summed E-state index contributed by atoms with van der Waals surface area (Å²) in [6.45, 7) is 3.34. The number of hydrogen-bond donors (Lipinski definition) is 2. The monoisotopic (exact) mass is 453 g/mol. The van der Waals surface area contributed by atoms with Crippen molar-refractivity contribution >= 4 is 11.8 Å². The minimum absolute atomic E-state index is 0.0139. The number of aryl methyl sites for hydroxylation is 1. The van der Waals surface area contributed by atoms with Crippen LogP contribution in [-0.4, -0.2) is 36.3 Å². The number of nitrogens with zero attached hydrogens (tertiary/aromatic N) is 1. The normalized spacial score (nSPS) is 33.7. The van der Waals surface area contributed by atoms with Gasteiger partial charge in [-0.1, -0.05) is 30.7 Å². The van der Waals surface area contributed by atoms with E-state index in [9.17, 15) is 14.0 Å². The predicted molar refractivity (Wildman–Crippen MR) is 125 cm³/mol. The molecule has 1 heterocycles. The zero-order valence-corrected chi connectivity index (χ0v) is 19.4. The molecule has 5 rings (SSSR count). The number of nitrogens with two attached hydrogens (primary N) is 2. The van der Waals surface area contributed by atoms with Crippen molar-refractivity contribution in [1.29, 1.82) is 0 Å². The van der Waals surface area contributed by atoms with Crippen molar-refractivity contribution in [2.75, 3.05) is 19.6 Å². The molecule has 33 heavy (non-hydrogen) atoms. The Balaban J connectivity index is 1.45. The second kappa shape index (κ2) is 8.23. The number of unbranched alkanes of at least 4 members (excludes halogenated alkanes) is 1. The molecule has 1 aromatic rings. The van der Waals surface area contributed by atoms with E-state index in [0.717, 1.165) is 50.9 Å². The van der Waals surface area contributed by atoms with Crippen LogP contribution < -0.4 is 11.5 Å². The van der Waals surface area contributed by atoms with Gasteiger partial charge in [0.05, 0.1) is 10.8 Å². The fourth-order valence-corrected chi connectivity index (χ4v) is 7.92. The van der Waals surface area contributed by atoms with E-state index >= 15 is 0 Å². The van der Waals surface area contributed by atoms with Gasteiger partial charge in [-0.3, -0.25) is 9.59 Å². The fourth-order valence-electron chi connectivity index (χ4n) is 7.92. The van der Waals surface area contributed by atoms with Crippen LogP contribution in [0.3, 0.4) is 0 Å². The van der Waals surface area contributed by atoms with Gasteiger partial charge in [0.2, 0.25) is 11.8 Å². The van der Waals surface area contributed by atoms with Crippen LogP contribution in [0.4, 0.5) is 4.39 Å². The SMILES string of the molecule is NC(=O)[C@]1(CCCCN2CCCC2)[C@@H]2C=C[C@@H](C23CC3)[C@@]1(CCc1ccc(F)cc1)C(N)=O. The summed E-state index contributed by atoms with van der Waals surface area (Å²) in [6.07, 6.45) is 12.4. The van der Waals surface area contributed by atoms with E-state index in [0.29, 0.717) is 19.3 Å². The molecular formula is C27H36FN3O2. The first-order chi connectivity index (χ1) is 15.9. The van der Waals surface area contributed by atoms with Gasteiger partial charge in [0.1, 0.15) is 5.82 Å². The van der Waals surface area contributed by atoms with Crippen molar-refractivity contribution in [2.24, 2.45) is 39.5 Å². The number of hydrogen-bond acceptors (Lipinski definition) is 3. The summed E-state index contributed by atoms with van der Waals surface area (Å²) in [7, 11) is 0. The lowest BCUT2D eigenvalue weighted by Crippen LogP contribution is -2.59. The lowest BCUT2D eigenvalue weighted by Gasteiger charge is -2.48. The fraction of sp³-hybridized carbons (Fsp3) is 0.630. The highest BCUT2D eigenvalue weighted by atomic mass is 19.1. The van der Waals surface area contributed by atoms with Crippen molar-refractivity contribution in [3.05, 3.63) is 47.8 Å². The second-order valence-corrected chi connectivity index (χ2v) is 10.9. The van der Waals surface area contributed by atoms with Crippen LogP contribution in [0.2, 0.25) is 0 Å². The Bertz CT molecular complexity index is 951. The van der Waals surface area contributed by atoms with Crippen LogP contribution in [0.15, 0.2) is 36.4 Å². The van der Waals surface area contributed by atoms with Crippen molar-refractivity contribution in [1.82, 2.24) is 4.90 Å². The third-order valence-corrected chi connectivity index (χ3v) is 9.51. The number of primary amides is 2. The minimum Gasteiger partial charge on any atom is -0.369 e. The summed E-state index contributed by atoms with van der Waals surface area (Å²) < 4.78 is 13.4. The molecule has 4 aliphatic rings. The molecular weight excluding hydrogens is 417 g/mol. The van der Waals surface area contributed by atoms with Gasteiger partial charge in [0, 0.05) is 0 Å². The molecule has 4 atom stereocenters. The molecule has 0 aromatic heterocycles. The Labute approximate surface area is 195 Å². The lowest BCUT2D eigenvalue weighted by molar-refractivity contribution is -0.152. The summed E-state index contributed by atoms with van der Waals surface area (Å²) in [4.78, 5) is 29.2. The molecule has 1 saturated heterocycles. The largest absolute Gasteiger partial charge is 0.369 e. The van der Waals surface area contributed by atoms with Gasteiger partial charge < -0.3 is 16.4 Å². The molecule has 178 valence electrons. The molecule has 0 radical (unpaired) electrons. The summed E-state index contributed by atoms with van der Waals surface area (Å²) >= 11 is 0. The van der Waals surface area contributed by atoms with Crippen molar-refractivity contribution in [2.45, 2.75) is 57.8 Å². The van der Waals surface area contributed by atoms with E-state index in [1.807, 2.05) is 0 Å². The molecule has 1 aliphatic heterocycles. The Morgan fingerprint density at radius 3 is 2.03 bits per heavy atom. The highest BCUT2D eigenvalue weighted by Crippen LogP contribution is 2.81. The number of likely N-dealkylation sites (tertiary alicyclic amines) is 1. The first-order valence-corrected chi connectivity index (χ1v) is 12.6. The molecule has 3 aliphatic carbocycles. The number of carbonyl (C=O) groups is 2. The molecule has 0 unspecified atom stereocenters. The van der Waals surface area contributed by atoms with Crippen LogP contribution in [0.1, 0.15) is 56.9 Å². The van der Waals surface area contributed by atoms with Gasteiger partial charge in [-0.25, -0.2) is 4.39 Å². The molecule has 2 bridgehead atoms. The first-order valence-electron chi connectivity index (χ1n) is 12.6. The maximum atomic E-state index is 13.4. The van der Waals surface area contributed by atoms with Crippen LogP contribution in [0.25, 0.3) is 0 Å². The summed E-state index contributed by atoms with van der Waals surface area (Å²) in [5.74, 6) is -1.11. The number of carbonyl (C=O) groups excluding carboxylic acids is 2. The van der Waals surface area contributed by atoms with Gasteiger partial charge in [0.25, 0.3) is 0 Å². The highest BCUT2D eigenvalue weighted by Gasteiger charge is 2.81. The van der Waals surface area contributed by atoms with Crippen LogP contribution in [0.5, 0.6) is 0 Å². The number of rotatable bonds is 10. The van der Waals surface area contributed by atoms with E-state index < -0.39 is 16.7 Å². The summed E-state index contributed by atoms with van der Waals surface area (Å²) in [5.41, 5.74) is 11.4. The smallest absolute Gasteiger partial charge is 0.225 e. The molecule has 2 saturated carbocycles. The molecule has 1 aromatic carbocycles. The predicted octanol–water partition coefficient (Wildman–Crippen LogP) is 3.56. The average Bonchev–Trinajstić information content (AvgIpc) is 3.16.